The lowest BCUT2D eigenvalue weighted by Crippen LogP contribution is -2.50. The summed E-state index contributed by atoms with van der Waals surface area (Å²) in [5.41, 5.74) is 3.49. The van der Waals surface area contributed by atoms with E-state index in [-0.39, 0.29) is 17.8 Å². The number of nitrogens with zero attached hydrogens (tertiary/aromatic N) is 3. The van der Waals surface area contributed by atoms with Gasteiger partial charge in [0.2, 0.25) is 0 Å². The number of carbonyl (C=O) groups excluding carboxylic acids is 1. The SMILES string of the molecule is O=C(c1ccc(O[C@H]2CCNC2)c(C2CCCCC2)c1)N1CCN(c2c(F)c[c]cc2N2CCNCC2)CC1. The van der Waals surface area contributed by atoms with Crippen LogP contribution in [0.25, 0.3) is 0 Å². The molecule has 3 heterocycles. The van der Waals surface area contributed by atoms with Gasteiger partial charge in [0, 0.05) is 64.5 Å². The van der Waals surface area contributed by atoms with Gasteiger partial charge < -0.3 is 30.1 Å². The van der Waals surface area contributed by atoms with Crippen molar-refractivity contribution in [3.8, 4) is 5.75 Å². The third-order valence-electron chi connectivity index (χ3n) is 8.85. The fourth-order valence-corrected chi connectivity index (χ4v) is 6.66. The van der Waals surface area contributed by atoms with E-state index in [1.165, 1.54) is 30.9 Å². The van der Waals surface area contributed by atoms with E-state index in [1.54, 1.807) is 0 Å². The molecule has 1 saturated carbocycles. The third-order valence-corrected chi connectivity index (χ3v) is 8.85. The highest BCUT2D eigenvalue weighted by molar-refractivity contribution is 5.95. The van der Waals surface area contributed by atoms with E-state index in [9.17, 15) is 4.79 Å². The quantitative estimate of drug-likeness (QED) is 0.588. The molecule has 8 heteroatoms. The van der Waals surface area contributed by atoms with Crippen molar-refractivity contribution >= 4 is 17.3 Å². The summed E-state index contributed by atoms with van der Waals surface area (Å²) >= 11 is 0. The van der Waals surface area contributed by atoms with Crippen LogP contribution in [0, 0.1) is 11.9 Å². The van der Waals surface area contributed by atoms with E-state index in [2.05, 4.69) is 32.6 Å². The number of ether oxygens (including phenoxy) is 1. The summed E-state index contributed by atoms with van der Waals surface area (Å²) in [4.78, 5) is 19.9. The summed E-state index contributed by atoms with van der Waals surface area (Å²) in [7, 11) is 0. The minimum atomic E-state index is -0.240. The Kier molecular flexibility index (Phi) is 8.21. The van der Waals surface area contributed by atoms with Crippen LogP contribution in [-0.2, 0) is 0 Å². The van der Waals surface area contributed by atoms with Crippen molar-refractivity contribution in [2.24, 2.45) is 0 Å². The minimum absolute atomic E-state index is 0.0602. The Morgan fingerprint density at radius 2 is 1.69 bits per heavy atom. The Labute approximate surface area is 231 Å². The minimum Gasteiger partial charge on any atom is -0.489 e. The van der Waals surface area contributed by atoms with Gasteiger partial charge in [0.15, 0.2) is 0 Å². The fraction of sp³-hybridized carbons (Fsp3) is 0.581. The van der Waals surface area contributed by atoms with Gasteiger partial charge in [-0.15, -0.1) is 0 Å². The molecule has 4 fully saturated rings. The van der Waals surface area contributed by atoms with Gasteiger partial charge >= 0.3 is 0 Å². The number of hydrogen-bond acceptors (Lipinski definition) is 6. The van der Waals surface area contributed by atoms with Crippen molar-refractivity contribution < 1.29 is 13.9 Å². The van der Waals surface area contributed by atoms with Crippen LogP contribution in [0.5, 0.6) is 5.75 Å². The summed E-state index contributed by atoms with van der Waals surface area (Å²) in [5.74, 6) is 1.23. The summed E-state index contributed by atoms with van der Waals surface area (Å²) < 4.78 is 21.5. The maximum atomic E-state index is 15.1. The van der Waals surface area contributed by atoms with Crippen molar-refractivity contribution in [1.29, 1.82) is 0 Å². The monoisotopic (exact) mass is 534 g/mol. The molecule has 39 heavy (non-hydrogen) atoms. The van der Waals surface area contributed by atoms with Crippen molar-refractivity contribution in [2.75, 3.05) is 75.2 Å². The van der Waals surface area contributed by atoms with Crippen LogP contribution in [0.1, 0.15) is 60.4 Å². The number of hydrogen-bond donors (Lipinski definition) is 2. The second kappa shape index (κ2) is 12.1. The van der Waals surface area contributed by atoms with Gasteiger partial charge in [0.1, 0.15) is 17.7 Å². The number of anilines is 2. The molecule has 2 aromatic rings. The van der Waals surface area contributed by atoms with Crippen LogP contribution in [0.15, 0.2) is 30.3 Å². The molecule has 3 saturated heterocycles. The average Bonchev–Trinajstić information content (AvgIpc) is 3.51. The Morgan fingerprint density at radius 3 is 2.44 bits per heavy atom. The van der Waals surface area contributed by atoms with Gasteiger partial charge in [0.05, 0.1) is 11.4 Å². The molecule has 3 aliphatic heterocycles. The molecule has 6 rings (SSSR count). The summed E-state index contributed by atoms with van der Waals surface area (Å²) in [6, 6.07) is 12.4. The summed E-state index contributed by atoms with van der Waals surface area (Å²) in [5, 5.41) is 6.75. The molecular formula is C31H41FN5O2. The van der Waals surface area contributed by atoms with E-state index in [4.69, 9.17) is 4.74 Å². The van der Waals surface area contributed by atoms with Crippen LogP contribution in [0.2, 0.25) is 0 Å². The largest absolute Gasteiger partial charge is 0.489 e. The Bertz CT molecular complexity index is 1130. The molecule has 209 valence electrons. The zero-order chi connectivity index (χ0) is 26.6. The van der Waals surface area contributed by atoms with Crippen molar-refractivity contribution in [1.82, 2.24) is 15.5 Å². The van der Waals surface area contributed by atoms with Gasteiger partial charge in [-0.05, 0) is 73.7 Å². The van der Waals surface area contributed by atoms with E-state index >= 15 is 4.39 Å². The normalized spacial score (nSPS) is 22.8. The standard InChI is InChI=1S/C31H41FN5O2/c32-27-7-4-8-28(35-15-13-33-14-16-35)30(27)36-17-19-37(20-18-36)31(38)24-9-10-29(39-25-11-12-34-22-25)26(21-24)23-5-2-1-3-6-23/h7-10,21,23,25,33-34H,1-3,5-6,11-20,22H2/t25-/m0/s1. The van der Waals surface area contributed by atoms with Crippen molar-refractivity contribution in [3.63, 3.8) is 0 Å². The molecule has 1 amide bonds. The zero-order valence-electron chi connectivity index (χ0n) is 22.9. The van der Waals surface area contributed by atoms with Crippen LogP contribution < -0.4 is 25.2 Å². The lowest BCUT2D eigenvalue weighted by Gasteiger charge is -2.39. The predicted molar refractivity (Wildman–Crippen MR) is 153 cm³/mol. The maximum Gasteiger partial charge on any atom is 0.253 e. The highest BCUT2D eigenvalue weighted by Crippen LogP contribution is 2.39. The number of rotatable bonds is 6. The van der Waals surface area contributed by atoms with E-state index < -0.39 is 0 Å². The second-order valence-corrected chi connectivity index (χ2v) is 11.4. The maximum absolute atomic E-state index is 15.1. The number of halogens is 1. The lowest BCUT2D eigenvalue weighted by atomic mass is 9.83. The van der Waals surface area contributed by atoms with E-state index in [0.29, 0.717) is 37.8 Å². The van der Waals surface area contributed by atoms with E-state index in [0.717, 1.165) is 75.5 Å². The van der Waals surface area contributed by atoms with E-state index in [1.807, 2.05) is 23.1 Å². The first-order valence-corrected chi connectivity index (χ1v) is 14.9. The number of piperazine rings is 2. The number of nitrogens with one attached hydrogen (secondary N) is 2. The Morgan fingerprint density at radius 1 is 0.897 bits per heavy atom. The lowest BCUT2D eigenvalue weighted by molar-refractivity contribution is 0.0746. The molecule has 1 atom stereocenters. The topological polar surface area (TPSA) is 60.1 Å². The molecule has 0 bridgehead atoms. The van der Waals surface area contributed by atoms with Crippen molar-refractivity contribution in [2.45, 2.75) is 50.5 Å². The number of benzene rings is 2. The van der Waals surface area contributed by atoms with Crippen LogP contribution >= 0.6 is 0 Å². The molecule has 0 aromatic heterocycles. The highest BCUT2D eigenvalue weighted by atomic mass is 19.1. The molecule has 2 aromatic carbocycles. The molecule has 1 aliphatic carbocycles. The molecular weight excluding hydrogens is 493 g/mol. The third kappa shape index (κ3) is 5.87. The molecule has 2 N–H and O–H groups in total. The van der Waals surface area contributed by atoms with Crippen LogP contribution in [0.4, 0.5) is 15.8 Å². The molecule has 1 radical (unpaired) electrons. The van der Waals surface area contributed by atoms with Gasteiger partial charge in [-0.1, -0.05) is 19.3 Å². The van der Waals surface area contributed by atoms with Gasteiger partial charge in [-0.3, -0.25) is 4.79 Å². The second-order valence-electron chi connectivity index (χ2n) is 11.4. The molecule has 4 aliphatic rings. The van der Waals surface area contributed by atoms with Crippen LogP contribution in [-0.4, -0.2) is 82.4 Å². The molecule has 0 spiro atoms. The smallest absolute Gasteiger partial charge is 0.253 e. The first-order chi connectivity index (χ1) is 19.2. The molecule has 0 unspecified atom stereocenters. The Balaban J connectivity index is 1.17. The highest BCUT2D eigenvalue weighted by Gasteiger charge is 2.29. The summed E-state index contributed by atoms with van der Waals surface area (Å²) in [6.45, 7) is 7.72. The first kappa shape index (κ1) is 26.4. The molecule has 7 nitrogen and oxygen atoms in total. The first-order valence-electron chi connectivity index (χ1n) is 14.9. The van der Waals surface area contributed by atoms with Crippen LogP contribution in [0.3, 0.4) is 0 Å². The number of amides is 1. The van der Waals surface area contributed by atoms with Gasteiger partial charge in [0.25, 0.3) is 5.91 Å². The van der Waals surface area contributed by atoms with Gasteiger partial charge in [-0.25, -0.2) is 4.39 Å². The Hall–Kier alpha value is -2.84. The number of carbonyl (C=O) groups is 1. The fourth-order valence-electron chi connectivity index (χ4n) is 6.66. The zero-order valence-corrected chi connectivity index (χ0v) is 22.9. The van der Waals surface area contributed by atoms with Gasteiger partial charge in [-0.2, -0.15) is 0 Å². The average molecular weight is 535 g/mol. The predicted octanol–water partition coefficient (Wildman–Crippen LogP) is 3.79. The van der Waals surface area contributed by atoms with Crippen molar-refractivity contribution in [3.05, 3.63) is 53.3 Å². The summed E-state index contributed by atoms with van der Waals surface area (Å²) in [6.07, 6.45) is 7.29.